The van der Waals surface area contributed by atoms with Crippen molar-refractivity contribution >= 4 is 52.1 Å². The minimum atomic E-state index is -1.15. The minimum Gasteiger partial charge on any atom is -0.595 e. The van der Waals surface area contributed by atoms with E-state index in [1.54, 1.807) is 29.2 Å². The average Bonchev–Trinajstić information content (AvgIpc) is 2.82. The first-order chi connectivity index (χ1) is 17.2. The number of ether oxygens (including phenoxy) is 1. The summed E-state index contributed by atoms with van der Waals surface area (Å²) >= 11 is 12.6. The van der Waals surface area contributed by atoms with E-state index >= 15 is 0 Å². The number of quaternary nitrogens is 1. The molecule has 0 saturated carbocycles. The van der Waals surface area contributed by atoms with Crippen LogP contribution in [-0.4, -0.2) is 65.8 Å². The zero-order chi connectivity index (χ0) is 25.8. The number of likely N-dealkylation sites (N-methyl/N-ethyl adjacent to an activating group) is 1. The molecule has 0 aliphatic carbocycles. The van der Waals surface area contributed by atoms with Crippen molar-refractivity contribution in [1.82, 2.24) is 14.9 Å². The third kappa shape index (κ3) is 5.95. The van der Waals surface area contributed by atoms with Crippen LogP contribution >= 0.6 is 23.2 Å². The lowest BCUT2D eigenvalue weighted by Gasteiger charge is -2.33. The number of rotatable bonds is 8. The summed E-state index contributed by atoms with van der Waals surface area (Å²) in [4.78, 5) is 25.1. The predicted octanol–water partition coefficient (Wildman–Crippen LogP) is 2.21. The van der Waals surface area contributed by atoms with Gasteiger partial charge in [0, 0.05) is 35.8 Å². The molecular formula is C23H25Cl2N7O4. The maximum atomic E-state index is 12.8. The van der Waals surface area contributed by atoms with Gasteiger partial charge in [0.05, 0.1) is 29.5 Å². The normalized spacial score (nSPS) is 15.1. The highest BCUT2D eigenvalue weighted by Gasteiger charge is 2.26. The fourth-order valence-electron chi connectivity index (χ4n) is 3.75. The molecule has 0 bridgehead atoms. The van der Waals surface area contributed by atoms with Crippen LogP contribution in [-0.2, 0) is 4.79 Å². The number of pyridine rings is 2. The number of nitrogens with one attached hydrogen (secondary N) is 2. The van der Waals surface area contributed by atoms with Gasteiger partial charge in [0.15, 0.2) is 5.82 Å². The highest BCUT2D eigenvalue weighted by atomic mass is 35.5. The fourth-order valence-corrected chi connectivity index (χ4v) is 4.24. The molecule has 1 fully saturated rings. The summed E-state index contributed by atoms with van der Waals surface area (Å²) in [6.07, 6.45) is 0. The predicted molar refractivity (Wildman–Crippen MR) is 138 cm³/mol. The molecule has 36 heavy (non-hydrogen) atoms. The minimum absolute atomic E-state index is 0.0216. The van der Waals surface area contributed by atoms with Crippen molar-refractivity contribution in [1.29, 1.82) is 0 Å². The van der Waals surface area contributed by atoms with Crippen LogP contribution in [0.5, 0.6) is 5.88 Å². The summed E-state index contributed by atoms with van der Waals surface area (Å²) in [7, 11) is 1.91. The summed E-state index contributed by atoms with van der Waals surface area (Å²) in [5.41, 5.74) is 7.44. The maximum Gasteiger partial charge on any atom is 0.241 e. The summed E-state index contributed by atoms with van der Waals surface area (Å²) in [5.74, 6) is 0.628. The van der Waals surface area contributed by atoms with Crippen LogP contribution in [0.1, 0.15) is 0 Å². The molecule has 3 heterocycles. The van der Waals surface area contributed by atoms with Crippen molar-refractivity contribution in [2.75, 3.05) is 55.8 Å². The molecule has 1 aliphatic heterocycles. The van der Waals surface area contributed by atoms with Gasteiger partial charge < -0.3 is 25.9 Å². The van der Waals surface area contributed by atoms with Crippen LogP contribution in [0.3, 0.4) is 0 Å². The van der Waals surface area contributed by atoms with Crippen LogP contribution in [0.2, 0.25) is 10.0 Å². The summed E-state index contributed by atoms with van der Waals surface area (Å²) in [6, 6.07) is 11.6. The van der Waals surface area contributed by atoms with Gasteiger partial charge in [0.1, 0.15) is 12.4 Å². The average molecular weight is 534 g/mol. The van der Waals surface area contributed by atoms with E-state index in [1.807, 2.05) is 18.0 Å². The van der Waals surface area contributed by atoms with E-state index in [-0.39, 0.29) is 29.9 Å². The van der Waals surface area contributed by atoms with E-state index in [2.05, 4.69) is 10.3 Å². The van der Waals surface area contributed by atoms with Gasteiger partial charge >= 0.3 is 0 Å². The molecule has 1 amide bonds. The molecule has 5 N–H and O–H groups in total. The molecule has 190 valence electrons. The number of carbonyl (C=O) groups excluding carboxylic acids is 1. The van der Waals surface area contributed by atoms with Gasteiger partial charge in [0.2, 0.25) is 17.5 Å². The highest BCUT2D eigenvalue weighted by molar-refractivity contribution is 6.36. The quantitative estimate of drug-likeness (QED) is 0.253. The SMILES string of the molecule is CN1CCN(c2ccc(NCCOc3ccc([NH+]([O-])O)c(N)n3)nc2-c2ccc(Cl)cc2Cl)C(=O)C1. The Morgan fingerprint density at radius 3 is 2.69 bits per heavy atom. The number of hydrogen-bond acceptors (Lipinski definition) is 9. The van der Waals surface area contributed by atoms with Gasteiger partial charge in [-0.05, 0) is 37.4 Å². The molecule has 13 heteroatoms. The first-order valence-corrected chi connectivity index (χ1v) is 11.8. The number of halogens is 2. The number of carbonyl (C=O) groups is 1. The smallest absolute Gasteiger partial charge is 0.241 e. The van der Waals surface area contributed by atoms with Gasteiger partial charge in [-0.15, -0.1) is 0 Å². The summed E-state index contributed by atoms with van der Waals surface area (Å²) < 4.78 is 5.57. The van der Waals surface area contributed by atoms with Crippen molar-refractivity contribution in [2.24, 2.45) is 0 Å². The van der Waals surface area contributed by atoms with Crippen molar-refractivity contribution in [2.45, 2.75) is 0 Å². The molecule has 0 radical (unpaired) electrons. The largest absolute Gasteiger partial charge is 0.595 e. The Morgan fingerprint density at radius 1 is 1.19 bits per heavy atom. The first-order valence-electron chi connectivity index (χ1n) is 11.0. The van der Waals surface area contributed by atoms with Crippen molar-refractivity contribution in [3.63, 3.8) is 0 Å². The van der Waals surface area contributed by atoms with Crippen molar-refractivity contribution < 1.29 is 20.0 Å². The first kappa shape index (κ1) is 25.9. The second kappa shape index (κ2) is 11.2. The third-order valence-electron chi connectivity index (χ3n) is 5.55. The molecule has 1 aliphatic rings. The molecule has 1 saturated heterocycles. The lowest BCUT2D eigenvalue weighted by molar-refractivity contribution is -0.990. The molecular weight excluding hydrogens is 509 g/mol. The van der Waals surface area contributed by atoms with Gasteiger partial charge in [-0.2, -0.15) is 10.2 Å². The van der Waals surface area contributed by atoms with Crippen LogP contribution in [0.15, 0.2) is 42.5 Å². The van der Waals surface area contributed by atoms with Gasteiger partial charge in [-0.25, -0.2) is 10.2 Å². The lowest BCUT2D eigenvalue weighted by atomic mass is 10.1. The number of piperazine rings is 1. The van der Waals surface area contributed by atoms with E-state index in [4.69, 9.17) is 43.9 Å². The van der Waals surface area contributed by atoms with Crippen LogP contribution in [0, 0.1) is 5.21 Å². The molecule has 3 aromatic rings. The van der Waals surface area contributed by atoms with Crippen molar-refractivity contribution in [3.05, 3.63) is 57.7 Å². The van der Waals surface area contributed by atoms with Crippen molar-refractivity contribution in [3.8, 4) is 17.1 Å². The Morgan fingerprint density at radius 2 is 2.00 bits per heavy atom. The number of amides is 1. The fraction of sp³-hybridized carbons (Fsp3) is 0.261. The van der Waals surface area contributed by atoms with Crippen LogP contribution in [0.25, 0.3) is 11.3 Å². The van der Waals surface area contributed by atoms with E-state index in [1.165, 1.54) is 12.1 Å². The molecule has 0 spiro atoms. The molecule has 2 aromatic heterocycles. The number of nitrogens with two attached hydrogens (primary N) is 1. The summed E-state index contributed by atoms with van der Waals surface area (Å²) in [6.45, 7) is 2.18. The monoisotopic (exact) mass is 533 g/mol. The maximum absolute atomic E-state index is 12.8. The number of hydrogen-bond donors (Lipinski definition) is 4. The zero-order valence-electron chi connectivity index (χ0n) is 19.4. The second-order valence-electron chi connectivity index (χ2n) is 8.13. The molecule has 4 rings (SSSR count). The second-order valence-corrected chi connectivity index (χ2v) is 8.98. The number of nitrogen functional groups attached to an aromatic ring is 1. The van der Waals surface area contributed by atoms with Crippen LogP contribution in [0.4, 0.5) is 23.0 Å². The van der Waals surface area contributed by atoms with E-state index < -0.39 is 5.23 Å². The van der Waals surface area contributed by atoms with Gasteiger partial charge in [0.25, 0.3) is 0 Å². The number of anilines is 3. The van der Waals surface area contributed by atoms with E-state index in [0.29, 0.717) is 52.4 Å². The Balaban J connectivity index is 1.51. The number of aromatic nitrogens is 2. The number of nitrogens with zero attached hydrogens (tertiary/aromatic N) is 4. The Kier molecular flexibility index (Phi) is 8.09. The summed E-state index contributed by atoms with van der Waals surface area (Å²) in [5, 5.41) is 23.0. The Labute approximate surface area is 217 Å². The number of benzene rings is 1. The van der Waals surface area contributed by atoms with E-state index in [9.17, 15) is 10.0 Å². The third-order valence-corrected chi connectivity index (χ3v) is 6.10. The zero-order valence-corrected chi connectivity index (χ0v) is 20.9. The topological polar surface area (TPSA) is 144 Å². The standard InChI is InChI=1S/C23H25Cl2N7O4/c1-30-9-10-31(21(33)13-30)17-4-6-19(28-22(17)15-3-2-14(24)12-16(15)25)27-8-11-36-20-7-5-18(32(34)35)23(26)29-20/h2-7,12,32,34H,8-11,13H2,1H3,(H2,26,29)(H,27,28). The Hall–Kier alpha value is -3.19. The Bertz CT molecular complexity index is 1260. The highest BCUT2D eigenvalue weighted by Crippen LogP contribution is 2.36. The molecule has 1 aromatic carbocycles. The molecule has 1 unspecified atom stereocenters. The van der Waals surface area contributed by atoms with E-state index in [0.717, 1.165) is 6.54 Å². The lowest BCUT2D eigenvalue weighted by Crippen LogP contribution is -2.99. The van der Waals surface area contributed by atoms with Gasteiger partial charge in [-0.1, -0.05) is 23.2 Å². The van der Waals surface area contributed by atoms with Gasteiger partial charge in [-0.3, -0.25) is 9.69 Å². The van der Waals surface area contributed by atoms with Crippen LogP contribution < -0.4 is 25.9 Å². The molecule has 1 atom stereocenters. The molecule has 11 nitrogen and oxygen atoms in total.